The molecule has 0 fully saturated rings. The van der Waals surface area contributed by atoms with Crippen molar-refractivity contribution in [2.75, 3.05) is 0 Å². The normalized spacial score (nSPS) is 11.5. The summed E-state index contributed by atoms with van der Waals surface area (Å²) in [5, 5.41) is 1.85. The standard InChI is InChI=1S/C26H18Cl2N2O2/c1-17-5-4-7-22-25(17)29-16-30-26(22)32-24-8-3-2-6-19(24)11-14-21(31)13-10-18-9-12-20(27)15-23(18)28/h2-16H,1H3/b13-10+,14-11+. The Morgan fingerprint density at radius 1 is 0.906 bits per heavy atom. The highest BCUT2D eigenvalue weighted by Gasteiger charge is 2.09. The molecule has 0 aliphatic rings. The van der Waals surface area contributed by atoms with Crippen LogP contribution in [0.3, 0.4) is 0 Å². The number of para-hydroxylation sites is 2. The van der Waals surface area contributed by atoms with E-state index in [1.54, 1.807) is 30.4 Å². The molecular formula is C26H18Cl2N2O2. The second-order valence-corrected chi connectivity index (χ2v) is 7.87. The van der Waals surface area contributed by atoms with Gasteiger partial charge in [-0.1, -0.05) is 59.6 Å². The van der Waals surface area contributed by atoms with Crippen molar-refractivity contribution in [2.24, 2.45) is 0 Å². The maximum atomic E-state index is 12.3. The van der Waals surface area contributed by atoms with Gasteiger partial charge >= 0.3 is 0 Å². The summed E-state index contributed by atoms with van der Waals surface area (Å²) in [5.74, 6) is 0.861. The van der Waals surface area contributed by atoms with Gasteiger partial charge in [-0.25, -0.2) is 9.97 Å². The summed E-state index contributed by atoms with van der Waals surface area (Å²) in [5.41, 5.74) is 3.35. The molecule has 6 heteroatoms. The summed E-state index contributed by atoms with van der Waals surface area (Å²) < 4.78 is 6.10. The number of rotatable bonds is 6. The number of allylic oxidation sites excluding steroid dienone is 2. The van der Waals surface area contributed by atoms with Crippen molar-refractivity contribution >= 4 is 52.0 Å². The third kappa shape index (κ3) is 5.05. The van der Waals surface area contributed by atoms with E-state index in [2.05, 4.69) is 9.97 Å². The number of hydrogen-bond donors (Lipinski definition) is 0. The van der Waals surface area contributed by atoms with Crippen LogP contribution in [0.2, 0.25) is 10.0 Å². The Hall–Kier alpha value is -3.47. The fourth-order valence-electron chi connectivity index (χ4n) is 3.14. The van der Waals surface area contributed by atoms with Gasteiger partial charge in [0.15, 0.2) is 5.78 Å². The van der Waals surface area contributed by atoms with Gasteiger partial charge in [0.1, 0.15) is 12.1 Å². The zero-order chi connectivity index (χ0) is 22.5. The number of nitrogens with zero attached hydrogens (tertiary/aromatic N) is 2. The minimum absolute atomic E-state index is 0.186. The minimum Gasteiger partial charge on any atom is -0.438 e. The van der Waals surface area contributed by atoms with Crippen molar-refractivity contribution < 1.29 is 9.53 Å². The van der Waals surface area contributed by atoms with Gasteiger partial charge < -0.3 is 4.74 Å². The highest BCUT2D eigenvalue weighted by molar-refractivity contribution is 6.35. The molecule has 0 aliphatic heterocycles. The predicted molar refractivity (Wildman–Crippen MR) is 130 cm³/mol. The number of benzene rings is 3. The Labute approximate surface area is 195 Å². The first-order chi connectivity index (χ1) is 15.5. The van der Waals surface area contributed by atoms with E-state index < -0.39 is 0 Å². The first-order valence-electron chi connectivity index (χ1n) is 9.83. The molecule has 0 spiro atoms. The number of carbonyl (C=O) groups is 1. The van der Waals surface area contributed by atoms with E-state index in [-0.39, 0.29) is 5.78 Å². The summed E-state index contributed by atoms with van der Waals surface area (Å²) in [6.07, 6.45) is 7.78. The van der Waals surface area contributed by atoms with E-state index >= 15 is 0 Å². The molecule has 0 saturated carbocycles. The lowest BCUT2D eigenvalue weighted by Crippen LogP contribution is -1.94. The molecule has 0 aliphatic carbocycles. The summed E-state index contributed by atoms with van der Waals surface area (Å²) in [6, 6.07) is 18.4. The van der Waals surface area contributed by atoms with Crippen LogP contribution in [0.5, 0.6) is 11.6 Å². The Morgan fingerprint density at radius 3 is 2.50 bits per heavy atom. The van der Waals surface area contributed by atoms with Crippen LogP contribution in [0.4, 0.5) is 0 Å². The summed E-state index contributed by atoms with van der Waals surface area (Å²) in [7, 11) is 0. The smallest absolute Gasteiger partial charge is 0.230 e. The van der Waals surface area contributed by atoms with Gasteiger partial charge in [0.25, 0.3) is 0 Å². The maximum absolute atomic E-state index is 12.3. The molecule has 1 aromatic heterocycles. The summed E-state index contributed by atoms with van der Waals surface area (Å²) in [4.78, 5) is 21.0. The second-order valence-electron chi connectivity index (χ2n) is 7.02. The lowest BCUT2D eigenvalue weighted by Gasteiger charge is -2.10. The molecule has 4 nitrogen and oxygen atoms in total. The van der Waals surface area contributed by atoms with E-state index in [0.29, 0.717) is 27.2 Å². The van der Waals surface area contributed by atoms with Gasteiger partial charge in [-0.15, -0.1) is 0 Å². The van der Waals surface area contributed by atoms with Crippen LogP contribution in [-0.4, -0.2) is 15.8 Å². The fourth-order valence-corrected chi connectivity index (χ4v) is 3.62. The molecule has 0 unspecified atom stereocenters. The van der Waals surface area contributed by atoms with Crippen LogP contribution >= 0.6 is 23.2 Å². The van der Waals surface area contributed by atoms with Crippen LogP contribution in [0.15, 0.2) is 79.1 Å². The molecule has 158 valence electrons. The largest absolute Gasteiger partial charge is 0.438 e. The molecule has 3 aromatic carbocycles. The number of aromatic nitrogens is 2. The number of halogens is 2. The van der Waals surface area contributed by atoms with Crippen LogP contribution in [-0.2, 0) is 4.79 Å². The van der Waals surface area contributed by atoms with Crippen molar-refractivity contribution in [2.45, 2.75) is 6.92 Å². The Balaban J connectivity index is 1.55. The van der Waals surface area contributed by atoms with Crippen LogP contribution in [0, 0.1) is 6.92 Å². The van der Waals surface area contributed by atoms with Gasteiger partial charge in [0.2, 0.25) is 5.88 Å². The molecule has 0 radical (unpaired) electrons. The third-order valence-corrected chi connectivity index (χ3v) is 5.33. The van der Waals surface area contributed by atoms with E-state index in [1.165, 1.54) is 18.5 Å². The van der Waals surface area contributed by atoms with Gasteiger partial charge in [-0.2, -0.15) is 0 Å². The fraction of sp³-hybridized carbons (Fsp3) is 0.0385. The quantitative estimate of drug-likeness (QED) is 0.282. The predicted octanol–water partition coefficient (Wildman–Crippen LogP) is 7.33. The van der Waals surface area contributed by atoms with E-state index in [9.17, 15) is 4.79 Å². The maximum Gasteiger partial charge on any atom is 0.230 e. The molecule has 0 N–H and O–H groups in total. The highest BCUT2D eigenvalue weighted by Crippen LogP contribution is 2.30. The lowest BCUT2D eigenvalue weighted by atomic mass is 10.1. The van der Waals surface area contributed by atoms with Gasteiger partial charge in [-0.05, 0) is 66.6 Å². The molecule has 4 aromatic rings. The topological polar surface area (TPSA) is 52.1 Å². The SMILES string of the molecule is Cc1cccc2c(Oc3ccccc3/C=C/C(=O)/C=C/c3ccc(Cl)cc3Cl)ncnc12. The molecule has 0 bridgehead atoms. The van der Waals surface area contributed by atoms with Gasteiger partial charge in [-0.3, -0.25) is 4.79 Å². The van der Waals surface area contributed by atoms with Crippen molar-refractivity contribution in [3.63, 3.8) is 0 Å². The summed E-state index contributed by atoms with van der Waals surface area (Å²) >= 11 is 12.0. The number of ketones is 1. The molecule has 32 heavy (non-hydrogen) atoms. The first-order valence-corrected chi connectivity index (χ1v) is 10.6. The van der Waals surface area contributed by atoms with Gasteiger partial charge in [0, 0.05) is 15.6 Å². The van der Waals surface area contributed by atoms with Crippen LogP contribution in [0.1, 0.15) is 16.7 Å². The molecule has 1 heterocycles. The summed E-state index contributed by atoms with van der Waals surface area (Å²) in [6.45, 7) is 1.99. The van der Waals surface area contributed by atoms with Crippen molar-refractivity contribution in [3.8, 4) is 11.6 Å². The highest BCUT2D eigenvalue weighted by atomic mass is 35.5. The van der Waals surface area contributed by atoms with Crippen molar-refractivity contribution in [3.05, 3.63) is 106 Å². The van der Waals surface area contributed by atoms with Crippen LogP contribution in [0.25, 0.3) is 23.1 Å². The number of hydrogen-bond acceptors (Lipinski definition) is 4. The zero-order valence-electron chi connectivity index (χ0n) is 17.1. The molecular weight excluding hydrogens is 443 g/mol. The van der Waals surface area contributed by atoms with E-state index in [4.69, 9.17) is 27.9 Å². The zero-order valence-corrected chi connectivity index (χ0v) is 18.6. The molecule has 0 atom stereocenters. The average Bonchev–Trinajstić information content (AvgIpc) is 2.78. The lowest BCUT2D eigenvalue weighted by molar-refractivity contribution is -0.110. The van der Waals surface area contributed by atoms with Crippen molar-refractivity contribution in [1.82, 2.24) is 9.97 Å². The molecule has 0 amide bonds. The van der Waals surface area contributed by atoms with Crippen LogP contribution < -0.4 is 4.74 Å². The number of fused-ring (bicyclic) bond motifs is 1. The van der Waals surface area contributed by atoms with E-state index in [1.807, 2.05) is 49.4 Å². The number of ether oxygens (including phenoxy) is 1. The van der Waals surface area contributed by atoms with Gasteiger partial charge in [0.05, 0.1) is 10.9 Å². The molecule has 4 rings (SSSR count). The Morgan fingerprint density at radius 2 is 1.69 bits per heavy atom. The number of carbonyl (C=O) groups excluding carboxylic acids is 1. The Bertz CT molecular complexity index is 1360. The monoisotopic (exact) mass is 460 g/mol. The average molecular weight is 461 g/mol. The second kappa shape index (κ2) is 9.77. The van der Waals surface area contributed by atoms with Crippen molar-refractivity contribution in [1.29, 1.82) is 0 Å². The molecule has 0 saturated heterocycles. The van der Waals surface area contributed by atoms with E-state index in [0.717, 1.165) is 22.0 Å². The Kier molecular flexibility index (Phi) is 6.64. The number of aryl methyl sites for hydroxylation is 1. The third-order valence-electron chi connectivity index (χ3n) is 4.77. The minimum atomic E-state index is -0.186. The first kappa shape index (κ1) is 21.8.